The first-order valence-corrected chi connectivity index (χ1v) is 3.71. The Morgan fingerprint density at radius 3 is 2.30 bits per heavy atom. The van der Waals surface area contributed by atoms with E-state index in [0.717, 1.165) is 0 Å². The lowest BCUT2D eigenvalue weighted by molar-refractivity contribution is 0.581. The van der Waals surface area contributed by atoms with Crippen LogP contribution in [0.25, 0.3) is 0 Å². The molecule has 10 heavy (non-hydrogen) atoms. The quantitative estimate of drug-likeness (QED) is 0.576. The number of hydrogen-bond acceptors (Lipinski definition) is 1. The molecule has 0 aliphatic carbocycles. The summed E-state index contributed by atoms with van der Waals surface area (Å²) in [7, 11) is 0. The first kappa shape index (κ1) is 9.83. The summed E-state index contributed by atoms with van der Waals surface area (Å²) in [6.45, 7) is 5.53. The zero-order valence-corrected chi connectivity index (χ0v) is 7.55. The van der Waals surface area contributed by atoms with Crippen molar-refractivity contribution in [3.8, 4) is 0 Å². The first-order valence-electron chi connectivity index (χ1n) is 3.71. The number of halogens is 1. The average Bonchev–Trinajstić information content (AvgIpc) is 1.90. The van der Waals surface area contributed by atoms with Gasteiger partial charge in [-0.15, -0.1) is 12.4 Å². The van der Waals surface area contributed by atoms with Crippen LogP contribution in [0.2, 0.25) is 0 Å². The SMILES string of the molecule is CC(C)=C1CCCCN1.Cl. The number of allylic oxidation sites excluding steroid dienone is 2. The molecular weight excluding hydrogens is 146 g/mol. The summed E-state index contributed by atoms with van der Waals surface area (Å²) in [6, 6.07) is 0. The Balaban J connectivity index is 0.000000810. The second-order valence-electron chi connectivity index (χ2n) is 2.86. The number of piperidine rings is 1. The van der Waals surface area contributed by atoms with Crippen molar-refractivity contribution in [3.05, 3.63) is 11.3 Å². The minimum Gasteiger partial charge on any atom is -0.388 e. The van der Waals surface area contributed by atoms with Crippen molar-refractivity contribution in [1.29, 1.82) is 0 Å². The third kappa shape index (κ3) is 2.61. The Hall–Kier alpha value is -0.170. The van der Waals surface area contributed by atoms with E-state index >= 15 is 0 Å². The summed E-state index contributed by atoms with van der Waals surface area (Å²) in [4.78, 5) is 0. The lowest BCUT2D eigenvalue weighted by atomic mass is 10.1. The molecule has 0 atom stereocenters. The van der Waals surface area contributed by atoms with Crippen LogP contribution < -0.4 is 5.32 Å². The van der Waals surface area contributed by atoms with Crippen molar-refractivity contribution in [2.24, 2.45) is 0 Å². The molecule has 0 spiro atoms. The summed E-state index contributed by atoms with van der Waals surface area (Å²) in [6.07, 6.45) is 3.98. The Bertz CT molecular complexity index is 117. The molecule has 1 rings (SSSR count). The van der Waals surface area contributed by atoms with E-state index in [2.05, 4.69) is 19.2 Å². The van der Waals surface area contributed by atoms with Crippen molar-refractivity contribution in [2.75, 3.05) is 6.54 Å². The van der Waals surface area contributed by atoms with Crippen molar-refractivity contribution in [1.82, 2.24) is 5.32 Å². The van der Waals surface area contributed by atoms with Gasteiger partial charge < -0.3 is 5.32 Å². The highest BCUT2D eigenvalue weighted by molar-refractivity contribution is 5.85. The smallest absolute Gasteiger partial charge is 0.0144 e. The van der Waals surface area contributed by atoms with Gasteiger partial charge in [0.05, 0.1) is 0 Å². The van der Waals surface area contributed by atoms with Gasteiger partial charge in [0.25, 0.3) is 0 Å². The van der Waals surface area contributed by atoms with E-state index in [1.807, 2.05) is 0 Å². The Kier molecular flexibility index (Phi) is 4.54. The van der Waals surface area contributed by atoms with Crippen LogP contribution >= 0.6 is 12.4 Å². The van der Waals surface area contributed by atoms with Crippen molar-refractivity contribution < 1.29 is 0 Å². The molecule has 0 bridgehead atoms. The molecule has 0 saturated carbocycles. The van der Waals surface area contributed by atoms with E-state index in [1.165, 1.54) is 37.1 Å². The number of hydrogen-bond donors (Lipinski definition) is 1. The molecule has 0 unspecified atom stereocenters. The topological polar surface area (TPSA) is 12.0 Å². The Labute approximate surface area is 69.3 Å². The highest BCUT2D eigenvalue weighted by Crippen LogP contribution is 2.13. The second-order valence-corrected chi connectivity index (χ2v) is 2.86. The molecule has 0 radical (unpaired) electrons. The number of nitrogens with one attached hydrogen (secondary N) is 1. The first-order chi connectivity index (χ1) is 4.30. The minimum absolute atomic E-state index is 0. The third-order valence-corrected chi connectivity index (χ3v) is 1.80. The van der Waals surface area contributed by atoms with Gasteiger partial charge in [0.2, 0.25) is 0 Å². The van der Waals surface area contributed by atoms with Gasteiger partial charge in [-0.05, 0) is 33.1 Å². The zero-order valence-electron chi connectivity index (χ0n) is 6.74. The summed E-state index contributed by atoms with van der Waals surface area (Å²) in [5, 5.41) is 3.40. The highest BCUT2D eigenvalue weighted by atomic mass is 35.5. The summed E-state index contributed by atoms with van der Waals surface area (Å²) >= 11 is 0. The van der Waals surface area contributed by atoms with Crippen LogP contribution in [-0.4, -0.2) is 6.54 Å². The van der Waals surface area contributed by atoms with E-state index in [-0.39, 0.29) is 12.4 Å². The Morgan fingerprint density at radius 2 is 2.00 bits per heavy atom. The molecule has 1 aliphatic heterocycles. The molecule has 0 aromatic rings. The molecule has 1 nitrogen and oxygen atoms in total. The molecular formula is C8H16ClN. The van der Waals surface area contributed by atoms with Gasteiger partial charge in [0, 0.05) is 12.2 Å². The summed E-state index contributed by atoms with van der Waals surface area (Å²) in [5.41, 5.74) is 2.93. The van der Waals surface area contributed by atoms with Crippen LogP contribution in [0.1, 0.15) is 33.1 Å². The van der Waals surface area contributed by atoms with E-state index in [4.69, 9.17) is 0 Å². The molecule has 0 aromatic carbocycles. The molecule has 2 heteroatoms. The monoisotopic (exact) mass is 161 g/mol. The van der Waals surface area contributed by atoms with Crippen molar-refractivity contribution >= 4 is 12.4 Å². The van der Waals surface area contributed by atoms with E-state index < -0.39 is 0 Å². The molecule has 1 N–H and O–H groups in total. The number of rotatable bonds is 0. The predicted molar refractivity (Wildman–Crippen MR) is 47.5 cm³/mol. The maximum atomic E-state index is 3.40. The van der Waals surface area contributed by atoms with E-state index in [1.54, 1.807) is 0 Å². The van der Waals surface area contributed by atoms with Crippen LogP contribution in [0.5, 0.6) is 0 Å². The molecule has 1 heterocycles. The Morgan fingerprint density at radius 1 is 1.30 bits per heavy atom. The zero-order chi connectivity index (χ0) is 6.69. The fraction of sp³-hybridized carbons (Fsp3) is 0.750. The molecule has 1 saturated heterocycles. The van der Waals surface area contributed by atoms with Crippen LogP contribution in [0.4, 0.5) is 0 Å². The van der Waals surface area contributed by atoms with E-state index in [9.17, 15) is 0 Å². The van der Waals surface area contributed by atoms with Crippen LogP contribution in [0.3, 0.4) is 0 Å². The second kappa shape index (κ2) is 4.62. The molecule has 1 aliphatic rings. The lowest BCUT2D eigenvalue weighted by Crippen LogP contribution is -2.20. The molecule has 1 fully saturated rings. The van der Waals surface area contributed by atoms with Gasteiger partial charge in [-0.1, -0.05) is 5.57 Å². The maximum Gasteiger partial charge on any atom is 0.0144 e. The largest absolute Gasteiger partial charge is 0.388 e. The summed E-state index contributed by atoms with van der Waals surface area (Å²) < 4.78 is 0. The highest BCUT2D eigenvalue weighted by Gasteiger charge is 2.03. The van der Waals surface area contributed by atoms with Gasteiger partial charge in [-0.2, -0.15) is 0 Å². The van der Waals surface area contributed by atoms with Crippen molar-refractivity contribution in [2.45, 2.75) is 33.1 Å². The summed E-state index contributed by atoms with van der Waals surface area (Å²) in [5.74, 6) is 0. The minimum atomic E-state index is 0. The maximum absolute atomic E-state index is 3.40. The standard InChI is InChI=1S/C8H15N.ClH/c1-7(2)8-5-3-4-6-9-8;/h9H,3-6H2,1-2H3;1H. The van der Waals surface area contributed by atoms with Crippen molar-refractivity contribution in [3.63, 3.8) is 0 Å². The van der Waals surface area contributed by atoms with Crippen LogP contribution in [0, 0.1) is 0 Å². The van der Waals surface area contributed by atoms with Gasteiger partial charge in [0.1, 0.15) is 0 Å². The fourth-order valence-electron chi connectivity index (χ4n) is 1.18. The normalized spacial score (nSPS) is 17.2. The molecule has 0 amide bonds. The van der Waals surface area contributed by atoms with Crippen LogP contribution in [-0.2, 0) is 0 Å². The fourth-order valence-corrected chi connectivity index (χ4v) is 1.18. The van der Waals surface area contributed by atoms with E-state index in [0.29, 0.717) is 0 Å². The third-order valence-electron chi connectivity index (χ3n) is 1.80. The van der Waals surface area contributed by atoms with Gasteiger partial charge in [0.15, 0.2) is 0 Å². The average molecular weight is 162 g/mol. The molecule has 60 valence electrons. The predicted octanol–water partition coefficient (Wildman–Crippen LogP) is 2.48. The molecule has 0 aromatic heterocycles. The van der Waals surface area contributed by atoms with Gasteiger partial charge >= 0.3 is 0 Å². The van der Waals surface area contributed by atoms with Gasteiger partial charge in [-0.25, -0.2) is 0 Å². The van der Waals surface area contributed by atoms with Gasteiger partial charge in [-0.3, -0.25) is 0 Å². The lowest BCUT2D eigenvalue weighted by Gasteiger charge is -2.17. The van der Waals surface area contributed by atoms with Crippen LogP contribution in [0.15, 0.2) is 11.3 Å².